The fourth-order valence-corrected chi connectivity index (χ4v) is 9.37. The first kappa shape index (κ1) is 35.7. The number of nitrogens with zero attached hydrogens (tertiary/aromatic N) is 1. The summed E-state index contributed by atoms with van der Waals surface area (Å²) in [5, 5.41) is 9.46. The third-order valence-electron chi connectivity index (χ3n) is 12.4. The smallest absolute Gasteiger partial charge is 0.160 e. The van der Waals surface area contributed by atoms with E-state index < -0.39 is 0 Å². The van der Waals surface area contributed by atoms with Crippen LogP contribution in [-0.2, 0) is 0 Å². The van der Waals surface area contributed by atoms with Gasteiger partial charge in [-0.2, -0.15) is 0 Å². The van der Waals surface area contributed by atoms with Crippen molar-refractivity contribution < 1.29 is 4.42 Å². The molecule has 1 aromatic heterocycles. The zero-order valence-electron chi connectivity index (χ0n) is 33.9. The minimum Gasteiger partial charge on any atom is -0.453 e. The van der Waals surface area contributed by atoms with Gasteiger partial charge in [0.2, 0.25) is 0 Å². The van der Waals surface area contributed by atoms with Crippen molar-refractivity contribution in [2.24, 2.45) is 0 Å². The molecular formula is C60H39NO. The maximum Gasteiger partial charge on any atom is 0.160 e. The Morgan fingerprint density at radius 1 is 0.274 bits per heavy atom. The summed E-state index contributed by atoms with van der Waals surface area (Å²) in [5.74, 6) is 0. The minimum absolute atomic E-state index is 0.853. The molecule has 2 heteroatoms. The average molecular weight is 790 g/mol. The predicted octanol–water partition coefficient (Wildman–Crippen LogP) is 17.2. The van der Waals surface area contributed by atoms with Gasteiger partial charge in [0.05, 0.1) is 5.69 Å². The molecule has 290 valence electrons. The summed E-state index contributed by atoms with van der Waals surface area (Å²) in [6.45, 7) is 0. The maximum absolute atomic E-state index is 7.18. The highest BCUT2D eigenvalue weighted by atomic mass is 16.3. The van der Waals surface area contributed by atoms with Crippen LogP contribution >= 0.6 is 0 Å². The summed E-state index contributed by atoms with van der Waals surface area (Å²) in [5.41, 5.74) is 14.1. The van der Waals surface area contributed by atoms with E-state index in [2.05, 4.69) is 241 Å². The van der Waals surface area contributed by atoms with E-state index in [1.165, 1.54) is 54.7 Å². The summed E-state index contributed by atoms with van der Waals surface area (Å²) in [4.78, 5) is 2.36. The van der Waals surface area contributed by atoms with Gasteiger partial charge in [-0.3, -0.25) is 0 Å². The van der Waals surface area contributed by atoms with Gasteiger partial charge in [0, 0.05) is 27.7 Å². The zero-order valence-corrected chi connectivity index (χ0v) is 33.9. The molecule has 0 spiro atoms. The van der Waals surface area contributed by atoms with Crippen LogP contribution in [0.1, 0.15) is 0 Å². The molecular weight excluding hydrogens is 751 g/mol. The number of hydrogen-bond donors (Lipinski definition) is 0. The van der Waals surface area contributed by atoms with Gasteiger partial charge < -0.3 is 9.32 Å². The van der Waals surface area contributed by atoms with E-state index >= 15 is 0 Å². The topological polar surface area (TPSA) is 16.4 Å². The van der Waals surface area contributed by atoms with E-state index in [1.807, 2.05) is 0 Å². The highest BCUT2D eigenvalue weighted by molar-refractivity contribution is 6.24. The van der Waals surface area contributed by atoms with Gasteiger partial charge in [-0.05, 0) is 120 Å². The Hall–Kier alpha value is -8.20. The summed E-state index contributed by atoms with van der Waals surface area (Å²) < 4.78 is 7.18. The third kappa shape index (κ3) is 6.12. The fraction of sp³-hybridized carbons (Fsp3) is 0. The molecule has 0 unspecified atom stereocenters. The largest absolute Gasteiger partial charge is 0.453 e. The van der Waals surface area contributed by atoms with E-state index in [0.29, 0.717) is 0 Å². The van der Waals surface area contributed by atoms with Gasteiger partial charge in [0.1, 0.15) is 5.58 Å². The van der Waals surface area contributed by atoms with Crippen LogP contribution < -0.4 is 4.90 Å². The number of fused-ring (bicyclic) bond motifs is 7. The molecule has 0 atom stereocenters. The van der Waals surface area contributed by atoms with Gasteiger partial charge in [-0.25, -0.2) is 0 Å². The van der Waals surface area contributed by atoms with Crippen molar-refractivity contribution in [3.05, 3.63) is 237 Å². The molecule has 0 saturated carbocycles. The Bertz CT molecular complexity index is 3610. The zero-order chi connectivity index (χ0) is 41.0. The Balaban J connectivity index is 1.07. The lowest BCUT2D eigenvalue weighted by molar-refractivity contribution is 0.670. The molecule has 62 heavy (non-hydrogen) atoms. The average Bonchev–Trinajstić information content (AvgIpc) is 3.75. The quantitative estimate of drug-likeness (QED) is 0.160. The lowest BCUT2D eigenvalue weighted by Crippen LogP contribution is -2.10. The second-order valence-corrected chi connectivity index (χ2v) is 16.1. The molecule has 12 aromatic rings. The van der Waals surface area contributed by atoms with Crippen molar-refractivity contribution >= 4 is 71.3 Å². The number of benzene rings is 11. The Morgan fingerprint density at radius 2 is 0.758 bits per heavy atom. The fourth-order valence-electron chi connectivity index (χ4n) is 9.37. The van der Waals surface area contributed by atoms with E-state index in [1.54, 1.807) is 0 Å². The van der Waals surface area contributed by atoms with E-state index in [4.69, 9.17) is 4.42 Å². The van der Waals surface area contributed by atoms with E-state index in [0.717, 1.165) is 61.1 Å². The minimum atomic E-state index is 0.853. The summed E-state index contributed by atoms with van der Waals surface area (Å²) >= 11 is 0. The molecule has 0 aliphatic heterocycles. The third-order valence-corrected chi connectivity index (χ3v) is 12.4. The van der Waals surface area contributed by atoms with Crippen LogP contribution in [0, 0.1) is 0 Å². The molecule has 0 aliphatic carbocycles. The molecule has 0 N–H and O–H groups in total. The van der Waals surface area contributed by atoms with Crippen molar-refractivity contribution in [2.75, 3.05) is 4.90 Å². The molecule has 0 radical (unpaired) electrons. The first-order valence-corrected chi connectivity index (χ1v) is 21.2. The Kier molecular flexibility index (Phi) is 8.53. The van der Waals surface area contributed by atoms with Crippen molar-refractivity contribution in [2.45, 2.75) is 0 Å². The summed E-state index contributed by atoms with van der Waals surface area (Å²) in [6, 6.07) is 85.4. The molecule has 0 bridgehead atoms. The van der Waals surface area contributed by atoms with Crippen molar-refractivity contribution in [3.8, 4) is 44.5 Å². The molecule has 0 fully saturated rings. The normalized spacial score (nSPS) is 11.5. The summed E-state index contributed by atoms with van der Waals surface area (Å²) in [6.07, 6.45) is 0. The number of hydrogen-bond acceptors (Lipinski definition) is 2. The number of rotatable bonds is 7. The maximum atomic E-state index is 7.18. The molecule has 11 aromatic carbocycles. The van der Waals surface area contributed by atoms with Gasteiger partial charge in [0.25, 0.3) is 0 Å². The standard InChI is InChI=1S/C60H39NO/c1-3-14-40(15-4-1)42-28-32-50(33-29-42)61(57-39-48-22-11-12-23-52(48)58-54-25-13-24-53(59(54)62-60(57)58)43-17-5-2-6-18-43)51-34-30-44(31-35-51)55-37-46-20-9-10-21-47(46)38-56(55)49-27-26-41-16-7-8-19-45(41)36-49/h1-39H. The molecule has 2 nitrogen and oxygen atoms in total. The molecule has 0 saturated heterocycles. The van der Waals surface area contributed by atoms with Crippen molar-refractivity contribution in [3.63, 3.8) is 0 Å². The van der Waals surface area contributed by atoms with Crippen LogP contribution in [0.15, 0.2) is 241 Å². The second-order valence-electron chi connectivity index (χ2n) is 16.1. The second kappa shape index (κ2) is 14.8. The lowest BCUT2D eigenvalue weighted by Gasteiger charge is -2.26. The van der Waals surface area contributed by atoms with E-state index in [-0.39, 0.29) is 0 Å². The number of furan rings is 1. The predicted molar refractivity (Wildman–Crippen MR) is 263 cm³/mol. The van der Waals surface area contributed by atoms with Crippen LogP contribution in [0.5, 0.6) is 0 Å². The first-order valence-electron chi connectivity index (χ1n) is 21.2. The van der Waals surface area contributed by atoms with Crippen LogP contribution in [-0.4, -0.2) is 0 Å². The molecule has 0 aliphatic rings. The Labute approximate surface area is 360 Å². The van der Waals surface area contributed by atoms with Crippen molar-refractivity contribution in [1.82, 2.24) is 0 Å². The summed E-state index contributed by atoms with van der Waals surface area (Å²) in [7, 11) is 0. The van der Waals surface area contributed by atoms with Gasteiger partial charge in [0.15, 0.2) is 5.58 Å². The Morgan fingerprint density at radius 3 is 1.44 bits per heavy atom. The van der Waals surface area contributed by atoms with Gasteiger partial charge in [-0.15, -0.1) is 0 Å². The van der Waals surface area contributed by atoms with Crippen molar-refractivity contribution in [1.29, 1.82) is 0 Å². The molecule has 12 rings (SSSR count). The van der Waals surface area contributed by atoms with Crippen LogP contribution in [0.25, 0.3) is 98.8 Å². The molecule has 1 heterocycles. The SMILES string of the molecule is c1ccc(-c2ccc(N(c3ccc(-c4cc5ccccc5cc4-c4ccc5ccccc5c4)cc3)c3cc4ccccc4c4c3oc3c(-c5ccccc5)cccc34)cc2)cc1. The van der Waals surface area contributed by atoms with Gasteiger partial charge in [-0.1, -0.05) is 188 Å². The van der Waals surface area contributed by atoms with E-state index in [9.17, 15) is 0 Å². The van der Waals surface area contributed by atoms with Crippen LogP contribution in [0.2, 0.25) is 0 Å². The van der Waals surface area contributed by atoms with Gasteiger partial charge >= 0.3 is 0 Å². The molecule has 0 amide bonds. The lowest BCUT2D eigenvalue weighted by atomic mass is 9.90. The highest BCUT2D eigenvalue weighted by Crippen LogP contribution is 2.48. The number of para-hydroxylation sites is 1. The van der Waals surface area contributed by atoms with Crippen LogP contribution in [0.4, 0.5) is 17.1 Å². The monoisotopic (exact) mass is 789 g/mol. The first-order chi connectivity index (χ1) is 30.7. The highest BCUT2D eigenvalue weighted by Gasteiger charge is 2.23. The van der Waals surface area contributed by atoms with Crippen LogP contribution in [0.3, 0.4) is 0 Å². The number of anilines is 3.